The van der Waals surface area contributed by atoms with Crippen LogP contribution in [0.15, 0.2) is 36.5 Å². The molecule has 1 aromatic carbocycles. The lowest BCUT2D eigenvalue weighted by Gasteiger charge is -2.27. The van der Waals surface area contributed by atoms with E-state index in [9.17, 15) is 19.5 Å². The van der Waals surface area contributed by atoms with Crippen LogP contribution in [0.2, 0.25) is 0 Å². The number of anilines is 2. The van der Waals surface area contributed by atoms with Gasteiger partial charge in [-0.15, -0.1) is 0 Å². The highest BCUT2D eigenvalue weighted by atomic mass is 32.1. The summed E-state index contributed by atoms with van der Waals surface area (Å²) >= 11 is 0.746. The first kappa shape index (κ1) is 26.9. The number of thiazole rings is 1. The molecule has 204 valence electrons. The van der Waals surface area contributed by atoms with Crippen LogP contribution in [0, 0.1) is 17.0 Å². The van der Waals surface area contributed by atoms with Crippen LogP contribution in [0.5, 0.6) is 0 Å². The maximum atomic E-state index is 15.4. The smallest absolute Gasteiger partial charge is 0.304 e. The number of carbonyl (C=O) groups excluding carboxylic acids is 2. The van der Waals surface area contributed by atoms with Gasteiger partial charge in [0.05, 0.1) is 12.8 Å². The Bertz CT molecular complexity index is 1420. The number of rotatable bonds is 8. The SMILES string of the molecule is CN(C(=O)[C@@H](CC(=O)O)CC1CCOCC1)c1nc(-c2ccccc2-c2cnc3c(c2)CC(=O)N3C)c(F)s1. The van der Waals surface area contributed by atoms with Gasteiger partial charge in [-0.1, -0.05) is 35.6 Å². The lowest BCUT2D eigenvalue weighted by Crippen LogP contribution is -2.35. The van der Waals surface area contributed by atoms with E-state index in [1.807, 2.05) is 18.2 Å². The molecule has 1 N–H and O–H groups in total. The molecule has 2 aromatic heterocycles. The molecule has 0 bridgehead atoms. The maximum Gasteiger partial charge on any atom is 0.304 e. The van der Waals surface area contributed by atoms with E-state index < -0.39 is 22.9 Å². The van der Waals surface area contributed by atoms with E-state index in [0.29, 0.717) is 36.6 Å². The minimum atomic E-state index is -1.05. The number of amides is 2. The molecule has 0 unspecified atom stereocenters. The second-order valence-electron chi connectivity index (χ2n) is 9.98. The molecule has 0 saturated carbocycles. The molecule has 0 radical (unpaired) electrons. The summed E-state index contributed by atoms with van der Waals surface area (Å²) in [4.78, 5) is 48.8. The van der Waals surface area contributed by atoms with Gasteiger partial charge in [0.1, 0.15) is 11.5 Å². The number of ether oxygens (including phenoxy) is 1. The predicted molar refractivity (Wildman–Crippen MR) is 145 cm³/mol. The molecule has 11 heteroatoms. The fourth-order valence-corrected chi connectivity index (χ4v) is 6.04. The van der Waals surface area contributed by atoms with Gasteiger partial charge in [0.2, 0.25) is 16.9 Å². The van der Waals surface area contributed by atoms with Crippen molar-refractivity contribution in [2.24, 2.45) is 11.8 Å². The number of carbonyl (C=O) groups is 3. The molecule has 2 aliphatic rings. The maximum absolute atomic E-state index is 15.4. The van der Waals surface area contributed by atoms with Crippen LogP contribution < -0.4 is 9.80 Å². The van der Waals surface area contributed by atoms with Gasteiger partial charge in [0, 0.05) is 56.1 Å². The first-order chi connectivity index (χ1) is 18.7. The number of hydrogen-bond acceptors (Lipinski definition) is 7. The van der Waals surface area contributed by atoms with Crippen LogP contribution in [-0.4, -0.2) is 60.2 Å². The average Bonchev–Trinajstić information content (AvgIpc) is 3.46. The molecule has 1 fully saturated rings. The summed E-state index contributed by atoms with van der Waals surface area (Å²) in [7, 11) is 3.19. The molecule has 4 heterocycles. The zero-order valence-electron chi connectivity index (χ0n) is 21.7. The Labute approximate surface area is 229 Å². The summed E-state index contributed by atoms with van der Waals surface area (Å²) in [6, 6.07) is 9.08. The minimum Gasteiger partial charge on any atom is -0.481 e. The molecule has 1 saturated heterocycles. The second kappa shape index (κ2) is 11.2. The van der Waals surface area contributed by atoms with Crippen LogP contribution in [-0.2, 0) is 25.5 Å². The van der Waals surface area contributed by atoms with Gasteiger partial charge < -0.3 is 9.84 Å². The lowest BCUT2D eigenvalue weighted by molar-refractivity contribution is -0.141. The van der Waals surface area contributed by atoms with Gasteiger partial charge in [0.15, 0.2) is 5.13 Å². The average molecular weight is 553 g/mol. The van der Waals surface area contributed by atoms with Crippen molar-refractivity contribution in [1.29, 1.82) is 0 Å². The van der Waals surface area contributed by atoms with Crippen molar-refractivity contribution in [2.45, 2.75) is 32.1 Å². The minimum absolute atomic E-state index is 0.0381. The number of carboxylic acids is 1. The molecule has 1 atom stereocenters. The Kier molecular flexibility index (Phi) is 7.72. The van der Waals surface area contributed by atoms with Crippen LogP contribution >= 0.6 is 11.3 Å². The Balaban J connectivity index is 1.42. The van der Waals surface area contributed by atoms with E-state index in [4.69, 9.17) is 4.74 Å². The highest BCUT2D eigenvalue weighted by Gasteiger charge is 2.31. The van der Waals surface area contributed by atoms with Crippen molar-refractivity contribution in [3.63, 3.8) is 0 Å². The number of likely N-dealkylation sites (N-methyl/N-ethyl adjacent to an activating group) is 1. The third kappa shape index (κ3) is 5.55. The molecule has 2 aliphatic heterocycles. The summed E-state index contributed by atoms with van der Waals surface area (Å²) in [6.07, 6.45) is 3.60. The number of pyridine rings is 1. The number of benzene rings is 1. The molecule has 5 rings (SSSR count). The highest BCUT2D eigenvalue weighted by molar-refractivity contribution is 7.14. The molecule has 3 aromatic rings. The highest BCUT2D eigenvalue weighted by Crippen LogP contribution is 2.39. The zero-order chi connectivity index (χ0) is 27.7. The van der Waals surface area contributed by atoms with E-state index >= 15 is 4.39 Å². The topological polar surface area (TPSA) is 113 Å². The van der Waals surface area contributed by atoms with Crippen LogP contribution in [0.1, 0.15) is 31.2 Å². The summed E-state index contributed by atoms with van der Waals surface area (Å²) < 4.78 is 20.8. The first-order valence-corrected chi connectivity index (χ1v) is 13.6. The van der Waals surface area contributed by atoms with Crippen LogP contribution in [0.25, 0.3) is 22.4 Å². The second-order valence-corrected chi connectivity index (χ2v) is 10.9. The van der Waals surface area contributed by atoms with Crippen molar-refractivity contribution in [3.05, 3.63) is 47.2 Å². The quantitative estimate of drug-likeness (QED) is 0.441. The summed E-state index contributed by atoms with van der Waals surface area (Å²) in [5.74, 6) is -1.41. The lowest BCUT2D eigenvalue weighted by atomic mass is 9.86. The Morgan fingerprint density at radius 2 is 1.97 bits per heavy atom. The van der Waals surface area contributed by atoms with E-state index in [0.717, 1.165) is 35.3 Å². The number of hydrogen-bond donors (Lipinski definition) is 1. The molecule has 39 heavy (non-hydrogen) atoms. The first-order valence-electron chi connectivity index (χ1n) is 12.8. The van der Waals surface area contributed by atoms with Crippen molar-refractivity contribution in [3.8, 4) is 22.4 Å². The van der Waals surface area contributed by atoms with E-state index in [-0.39, 0.29) is 35.5 Å². The fourth-order valence-electron chi connectivity index (χ4n) is 5.26. The summed E-state index contributed by atoms with van der Waals surface area (Å²) in [5, 5.41) is 9.04. The predicted octanol–water partition coefficient (Wildman–Crippen LogP) is 4.40. The van der Waals surface area contributed by atoms with Gasteiger partial charge >= 0.3 is 5.97 Å². The number of aromatic nitrogens is 2. The molecule has 0 spiro atoms. The van der Waals surface area contributed by atoms with Crippen molar-refractivity contribution < 1.29 is 28.6 Å². The molecular formula is C28H29FN4O5S. The third-order valence-corrected chi connectivity index (χ3v) is 8.31. The molecule has 0 aliphatic carbocycles. The Morgan fingerprint density at radius 3 is 2.69 bits per heavy atom. The normalized spacial score (nSPS) is 16.3. The van der Waals surface area contributed by atoms with Crippen molar-refractivity contribution in [1.82, 2.24) is 9.97 Å². The van der Waals surface area contributed by atoms with Gasteiger partial charge in [-0.3, -0.25) is 24.2 Å². The van der Waals surface area contributed by atoms with Gasteiger partial charge in [0.25, 0.3) is 0 Å². The molecule has 2 amide bonds. The number of fused-ring (bicyclic) bond motifs is 1. The fraction of sp³-hybridized carbons (Fsp3) is 0.393. The van der Waals surface area contributed by atoms with E-state index in [1.165, 1.54) is 16.8 Å². The van der Waals surface area contributed by atoms with Crippen LogP contribution in [0.3, 0.4) is 0 Å². The van der Waals surface area contributed by atoms with E-state index in [1.54, 1.807) is 25.4 Å². The van der Waals surface area contributed by atoms with E-state index in [2.05, 4.69) is 9.97 Å². The summed E-state index contributed by atoms with van der Waals surface area (Å²) in [5.41, 5.74) is 2.85. The largest absolute Gasteiger partial charge is 0.481 e. The van der Waals surface area contributed by atoms with Gasteiger partial charge in [-0.2, -0.15) is 4.39 Å². The zero-order valence-corrected chi connectivity index (χ0v) is 22.5. The van der Waals surface area contributed by atoms with Crippen molar-refractivity contribution in [2.75, 3.05) is 37.1 Å². The van der Waals surface area contributed by atoms with Crippen LogP contribution in [0.4, 0.5) is 15.3 Å². The number of carboxylic acid groups (broad SMARTS) is 1. The Hall–Kier alpha value is -3.70. The number of halogens is 1. The van der Waals surface area contributed by atoms with Gasteiger partial charge in [-0.25, -0.2) is 9.97 Å². The number of aliphatic carboxylic acids is 1. The Morgan fingerprint density at radius 1 is 1.26 bits per heavy atom. The molecular weight excluding hydrogens is 523 g/mol. The number of nitrogens with zero attached hydrogens (tertiary/aromatic N) is 4. The van der Waals surface area contributed by atoms with Crippen molar-refractivity contribution >= 4 is 40.1 Å². The van der Waals surface area contributed by atoms with Gasteiger partial charge in [-0.05, 0) is 36.8 Å². The third-order valence-electron chi connectivity index (χ3n) is 7.39. The summed E-state index contributed by atoms with van der Waals surface area (Å²) in [6.45, 7) is 1.20. The standard InChI is InChI=1S/C28H29FN4O5S/c1-32-22(34)13-17-12-19(15-30-26(17)32)20-5-3-4-6-21(20)24-25(29)39-28(31-24)33(2)27(37)18(14-23(35)36)11-16-7-9-38-10-8-16/h3-6,12,15-16,18H,7-11,13-14H2,1-2H3,(H,35,36)/t18-/m1/s1. The monoisotopic (exact) mass is 552 g/mol. The molecule has 9 nitrogen and oxygen atoms in total.